The number of alkyl halides is 5. The maximum absolute atomic E-state index is 13.8. The van der Waals surface area contributed by atoms with Crippen LogP contribution in [0.3, 0.4) is 0 Å². The van der Waals surface area contributed by atoms with Crippen LogP contribution in [0.1, 0.15) is 34.3 Å². The Kier molecular flexibility index (Phi) is 8.84. The summed E-state index contributed by atoms with van der Waals surface area (Å²) < 4.78 is 73.5. The first-order valence-electron chi connectivity index (χ1n) is 12.6. The number of piperidine rings is 1. The minimum Gasteiger partial charge on any atom is -0.491 e. The van der Waals surface area contributed by atoms with Gasteiger partial charge in [-0.15, -0.1) is 0 Å². The SMILES string of the molecule is Nc1ccc(C=CC(=O)NCCOc2ccc(-c3ccc(C(=O)N4CCC(F)(F)CC4)cn3)cc2C(F)(F)F)cn1. The molecular weight excluding hydrogens is 549 g/mol. The monoisotopic (exact) mass is 575 g/mol. The number of aromatic nitrogens is 2. The first-order chi connectivity index (χ1) is 19.4. The zero-order valence-corrected chi connectivity index (χ0v) is 21.6. The van der Waals surface area contributed by atoms with Gasteiger partial charge in [0.1, 0.15) is 18.2 Å². The highest BCUT2D eigenvalue weighted by molar-refractivity contribution is 5.94. The molecule has 3 N–H and O–H groups in total. The minimum atomic E-state index is -4.74. The van der Waals surface area contributed by atoms with Crippen molar-refractivity contribution in [2.24, 2.45) is 0 Å². The number of ether oxygens (including phenoxy) is 1. The third-order valence-corrected chi connectivity index (χ3v) is 6.27. The molecule has 1 aromatic carbocycles. The first kappa shape index (κ1) is 29.4. The summed E-state index contributed by atoms with van der Waals surface area (Å²) in [4.78, 5) is 33.9. The normalized spacial score (nSPS) is 15.1. The van der Waals surface area contributed by atoms with Gasteiger partial charge in [-0.05, 0) is 54.1 Å². The predicted octanol–water partition coefficient (Wildman–Crippen LogP) is 4.82. The van der Waals surface area contributed by atoms with E-state index in [2.05, 4.69) is 15.3 Å². The quantitative estimate of drug-likeness (QED) is 0.226. The summed E-state index contributed by atoms with van der Waals surface area (Å²) in [7, 11) is 0. The topological polar surface area (TPSA) is 110 Å². The lowest BCUT2D eigenvalue weighted by atomic mass is 10.0. The molecule has 0 bridgehead atoms. The van der Waals surface area contributed by atoms with Gasteiger partial charge in [-0.2, -0.15) is 13.2 Å². The Labute approximate surface area is 232 Å². The summed E-state index contributed by atoms with van der Waals surface area (Å²) in [6.07, 6.45) is -0.140. The van der Waals surface area contributed by atoms with Crippen molar-refractivity contribution in [1.29, 1.82) is 0 Å². The van der Waals surface area contributed by atoms with E-state index in [1.54, 1.807) is 12.1 Å². The fourth-order valence-corrected chi connectivity index (χ4v) is 4.03. The van der Waals surface area contributed by atoms with Crippen molar-refractivity contribution in [1.82, 2.24) is 20.2 Å². The van der Waals surface area contributed by atoms with Crippen LogP contribution in [0.15, 0.2) is 60.9 Å². The third-order valence-electron chi connectivity index (χ3n) is 6.27. The smallest absolute Gasteiger partial charge is 0.419 e. The molecule has 13 heteroatoms. The van der Waals surface area contributed by atoms with Crippen LogP contribution in [0.25, 0.3) is 17.3 Å². The molecule has 0 atom stereocenters. The number of hydrogen-bond acceptors (Lipinski definition) is 6. The second-order valence-electron chi connectivity index (χ2n) is 9.28. The molecule has 1 aliphatic heterocycles. The molecule has 4 rings (SSSR count). The Balaban J connectivity index is 1.36. The van der Waals surface area contributed by atoms with E-state index in [4.69, 9.17) is 10.5 Å². The van der Waals surface area contributed by atoms with E-state index in [1.807, 2.05) is 0 Å². The molecule has 0 aliphatic carbocycles. The van der Waals surface area contributed by atoms with E-state index in [9.17, 15) is 31.5 Å². The van der Waals surface area contributed by atoms with E-state index in [0.717, 1.165) is 12.1 Å². The number of nitrogen functional groups attached to an aromatic ring is 1. The molecule has 0 saturated carbocycles. The molecule has 0 spiro atoms. The first-order valence-corrected chi connectivity index (χ1v) is 12.6. The third kappa shape index (κ3) is 7.99. The highest BCUT2D eigenvalue weighted by atomic mass is 19.4. The van der Waals surface area contributed by atoms with Crippen molar-refractivity contribution in [3.63, 3.8) is 0 Å². The molecule has 2 aromatic heterocycles. The van der Waals surface area contributed by atoms with Crippen molar-refractivity contribution in [3.05, 3.63) is 77.6 Å². The second kappa shape index (κ2) is 12.3. The molecule has 3 heterocycles. The van der Waals surface area contributed by atoms with E-state index in [-0.39, 0.29) is 43.1 Å². The molecule has 1 aliphatic rings. The Morgan fingerprint density at radius 2 is 1.80 bits per heavy atom. The van der Waals surface area contributed by atoms with Crippen molar-refractivity contribution in [2.75, 3.05) is 32.0 Å². The number of halogens is 5. The highest BCUT2D eigenvalue weighted by Gasteiger charge is 2.36. The summed E-state index contributed by atoms with van der Waals surface area (Å²) in [5.74, 6) is -3.82. The lowest BCUT2D eigenvalue weighted by Gasteiger charge is -2.31. The van der Waals surface area contributed by atoms with Crippen LogP contribution >= 0.6 is 0 Å². The number of pyridine rings is 2. The van der Waals surface area contributed by atoms with Gasteiger partial charge < -0.3 is 20.7 Å². The number of benzene rings is 1. The number of anilines is 1. The van der Waals surface area contributed by atoms with E-state index < -0.39 is 48.1 Å². The molecule has 1 fully saturated rings. The molecule has 1 saturated heterocycles. The molecule has 3 aromatic rings. The number of nitrogens with two attached hydrogens (primary N) is 1. The van der Waals surface area contributed by atoms with Crippen LogP contribution in [-0.2, 0) is 11.0 Å². The number of carbonyl (C=O) groups is 2. The fourth-order valence-electron chi connectivity index (χ4n) is 4.03. The Morgan fingerprint density at radius 3 is 2.44 bits per heavy atom. The number of nitrogens with zero attached hydrogens (tertiary/aromatic N) is 3. The molecular formula is C28H26F5N5O3. The van der Waals surface area contributed by atoms with Gasteiger partial charge in [0, 0.05) is 50.0 Å². The maximum Gasteiger partial charge on any atom is 0.419 e. The van der Waals surface area contributed by atoms with Crippen molar-refractivity contribution in [2.45, 2.75) is 24.9 Å². The van der Waals surface area contributed by atoms with Crippen LogP contribution in [0.5, 0.6) is 5.75 Å². The summed E-state index contributed by atoms with van der Waals surface area (Å²) in [6.45, 7) is -0.450. The van der Waals surface area contributed by atoms with E-state index >= 15 is 0 Å². The van der Waals surface area contributed by atoms with Gasteiger partial charge in [-0.3, -0.25) is 14.6 Å². The van der Waals surface area contributed by atoms with Gasteiger partial charge >= 0.3 is 6.18 Å². The zero-order valence-electron chi connectivity index (χ0n) is 21.6. The number of carbonyl (C=O) groups excluding carboxylic acids is 2. The standard InChI is InChI=1S/C28H26F5N5O3/c29-27(30)9-12-38(13-10-27)26(40)20-3-5-22(36-17-20)19-4-6-23(21(15-19)28(31,32)33)41-14-11-35-25(39)8-2-18-1-7-24(34)37-16-18/h1-8,15-17H,9-14H2,(H2,34,37)(H,35,39). The van der Waals surface area contributed by atoms with Crippen LogP contribution in [0.2, 0.25) is 0 Å². The average Bonchev–Trinajstić information content (AvgIpc) is 2.94. The second-order valence-corrected chi connectivity index (χ2v) is 9.28. The Hall–Kier alpha value is -4.55. The number of likely N-dealkylation sites (tertiary alicyclic amines) is 1. The van der Waals surface area contributed by atoms with Crippen LogP contribution in [-0.4, -0.2) is 58.8 Å². The fraction of sp³-hybridized carbons (Fsp3) is 0.286. The lowest BCUT2D eigenvalue weighted by Crippen LogP contribution is -2.42. The van der Waals surface area contributed by atoms with E-state index in [1.165, 1.54) is 47.6 Å². The summed E-state index contributed by atoms with van der Waals surface area (Å²) in [5.41, 5.74) is 5.58. The van der Waals surface area contributed by atoms with Gasteiger partial charge in [-0.1, -0.05) is 0 Å². The zero-order chi connectivity index (χ0) is 29.6. The van der Waals surface area contributed by atoms with Gasteiger partial charge in [0.15, 0.2) is 0 Å². The molecule has 41 heavy (non-hydrogen) atoms. The largest absolute Gasteiger partial charge is 0.491 e. The summed E-state index contributed by atoms with van der Waals surface area (Å²) in [6, 6.07) is 9.47. The Bertz CT molecular complexity index is 1400. The van der Waals surface area contributed by atoms with Crippen LogP contribution in [0.4, 0.5) is 27.8 Å². The van der Waals surface area contributed by atoms with Crippen LogP contribution in [0, 0.1) is 0 Å². The summed E-state index contributed by atoms with van der Waals surface area (Å²) >= 11 is 0. The molecule has 2 amide bonds. The number of nitrogens with one attached hydrogen (secondary N) is 1. The van der Waals surface area contributed by atoms with Crippen molar-refractivity contribution < 1.29 is 36.3 Å². The van der Waals surface area contributed by atoms with E-state index in [0.29, 0.717) is 11.4 Å². The predicted molar refractivity (Wildman–Crippen MR) is 141 cm³/mol. The Morgan fingerprint density at radius 1 is 1.05 bits per heavy atom. The van der Waals surface area contributed by atoms with Gasteiger partial charge in [0.25, 0.3) is 11.8 Å². The highest BCUT2D eigenvalue weighted by Crippen LogP contribution is 2.38. The molecule has 216 valence electrons. The van der Waals surface area contributed by atoms with Crippen LogP contribution < -0.4 is 15.8 Å². The molecule has 0 radical (unpaired) electrons. The molecule has 0 unspecified atom stereocenters. The minimum absolute atomic E-state index is 0.0477. The lowest BCUT2D eigenvalue weighted by molar-refractivity contribution is -0.139. The van der Waals surface area contributed by atoms with Gasteiger partial charge in [0.05, 0.1) is 23.4 Å². The van der Waals surface area contributed by atoms with Crippen molar-refractivity contribution >= 4 is 23.7 Å². The maximum atomic E-state index is 13.8. The summed E-state index contributed by atoms with van der Waals surface area (Å²) in [5, 5.41) is 2.52. The van der Waals surface area contributed by atoms with Gasteiger partial charge in [-0.25, -0.2) is 13.8 Å². The average molecular weight is 576 g/mol. The van der Waals surface area contributed by atoms with Gasteiger partial charge in [0.2, 0.25) is 5.91 Å². The number of hydrogen-bond donors (Lipinski definition) is 2. The van der Waals surface area contributed by atoms with Crippen molar-refractivity contribution in [3.8, 4) is 17.0 Å². The molecule has 8 nitrogen and oxygen atoms in total. The number of rotatable bonds is 8. The number of amides is 2.